The predicted molar refractivity (Wildman–Crippen MR) is 298 cm³/mol. The molecule has 0 rings (SSSR count). The lowest BCUT2D eigenvalue weighted by atomic mass is 10.0. The first kappa shape index (κ1) is 66.6. The van der Waals surface area contributed by atoms with Crippen molar-refractivity contribution >= 4 is 17.9 Å². The van der Waals surface area contributed by atoms with E-state index in [1.54, 1.807) is 0 Å². The van der Waals surface area contributed by atoms with Crippen molar-refractivity contribution in [3.8, 4) is 0 Å². The molecule has 0 bridgehead atoms. The quantitative estimate of drug-likeness (QED) is 0.0261. The van der Waals surface area contributed by atoms with Gasteiger partial charge in [0.1, 0.15) is 13.2 Å². The zero-order valence-electron chi connectivity index (χ0n) is 46.3. The summed E-state index contributed by atoms with van der Waals surface area (Å²) in [5.41, 5.74) is 0. The molecule has 69 heavy (non-hydrogen) atoms. The van der Waals surface area contributed by atoms with Crippen LogP contribution in [0.15, 0.2) is 36.5 Å². The van der Waals surface area contributed by atoms with Crippen LogP contribution in [-0.2, 0) is 28.6 Å². The van der Waals surface area contributed by atoms with Crippen LogP contribution in [0.25, 0.3) is 0 Å². The number of unbranched alkanes of at least 4 members (excludes halogenated alkanes) is 39. The molecule has 0 saturated carbocycles. The van der Waals surface area contributed by atoms with Gasteiger partial charge in [-0.1, -0.05) is 295 Å². The lowest BCUT2D eigenvalue weighted by Crippen LogP contribution is -2.30. The van der Waals surface area contributed by atoms with Gasteiger partial charge in [-0.05, 0) is 51.4 Å². The zero-order valence-corrected chi connectivity index (χ0v) is 46.3. The van der Waals surface area contributed by atoms with Gasteiger partial charge in [0.2, 0.25) is 0 Å². The molecule has 0 aliphatic carbocycles. The number of rotatable bonds is 56. The largest absolute Gasteiger partial charge is 0.462 e. The van der Waals surface area contributed by atoms with Gasteiger partial charge in [0, 0.05) is 19.3 Å². The average molecular weight is 970 g/mol. The van der Waals surface area contributed by atoms with E-state index in [4.69, 9.17) is 14.2 Å². The van der Waals surface area contributed by atoms with Crippen molar-refractivity contribution in [3.63, 3.8) is 0 Å². The van der Waals surface area contributed by atoms with Gasteiger partial charge in [0.05, 0.1) is 0 Å². The third-order valence-electron chi connectivity index (χ3n) is 13.7. The summed E-state index contributed by atoms with van der Waals surface area (Å²) in [5, 5.41) is 0. The molecule has 0 aliphatic rings. The van der Waals surface area contributed by atoms with Crippen LogP contribution in [0.5, 0.6) is 0 Å². The van der Waals surface area contributed by atoms with Gasteiger partial charge in [-0.3, -0.25) is 14.4 Å². The van der Waals surface area contributed by atoms with E-state index in [0.29, 0.717) is 19.3 Å². The maximum atomic E-state index is 12.8. The van der Waals surface area contributed by atoms with E-state index in [1.165, 1.54) is 205 Å². The van der Waals surface area contributed by atoms with Crippen molar-refractivity contribution in [2.75, 3.05) is 13.2 Å². The standard InChI is InChI=1S/C63H116O6/c1-4-7-10-13-16-19-22-24-25-26-27-28-29-30-31-32-33-34-35-36-37-38-40-41-44-47-50-53-56-62(65)68-59-60(58-67-61(64)55-52-49-46-43-21-18-15-12-9-6-3)69-63(66)57-54-51-48-45-42-39-23-20-17-14-11-8-5-2/h8,11,17,20,39,42,60H,4-7,9-10,12-16,18-19,21-38,40-41,43-59H2,1-3H3/b11-8-,20-17-,42-39-. The summed E-state index contributed by atoms with van der Waals surface area (Å²) in [5.74, 6) is -0.894. The second kappa shape index (κ2) is 58.2. The Morgan fingerprint density at radius 2 is 0.565 bits per heavy atom. The fourth-order valence-corrected chi connectivity index (χ4v) is 9.11. The fourth-order valence-electron chi connectivity index (χ4n) is 9.11. The van der Waals surface area contributed by atoms with Gasteiger partial charge >= 0.3 is 17.9 Å². The minimum absolute atomic E-state index is 0.0796. The number of esters is 3. The molecule has 404 valence electrons. The Balaban J connectivity index is 4.09. The lowest BCUT2D eigenvalue weighted by molar-refractivity contribution is -0.167. The molecular formula is C63H116O6. The van der Waals surface area contributed by atoms with E-state index in [2.05, 4.69) is 57.2 Å². The van der Waals surface area contributed by atoms with Crippen LogP contribution >= 0.6 is 0 Å². The monoisotopic (exact) mass is 969 g/mol. The van der Waals surface area contributed by atoms with Gasteiger partial charge in [0.15, 0.2) is 6.10 Å². The average Bonchev–Trinajstić information content (AvgIpc) is 3.35. The maximum Gasteiger partial charge on any atom is 0.306 e. The van der Waals surface area contributed by atoms with E-state index >= 15 is 0 Å². The summed E-state index contributed by atoms with van der Waals surface area (Å²) in [6.07, 6.45) is 70.4. The molecule has 1 atom stereocenters. The zero-order chi connectivity index (χ0) is 50.0. The first-order valence-corrected chi connectivity index (χ1v) is 30.5. The van der Waals surface area contributed by atoms with Crippen molar-refractivity contribution in [3.05, 3.63) is 36.5 Å². The maximum absolute atomic E-state index is 12.8. The number of hydrogen-bond donors (Lipinski definition) is 0. The van der Waals surface area contributed by atoms with Crippen LogP contribution in [0.1, 0.15) is 329 Å². The van der Waals surface area contributed by atoms with Gasteiger partial charge in [0.25, 0.3) is 0 Å². The van der Waals surface area contributed by atoms with Crippen LogP contribution in [-0.4, -0.2) is 37.2 Å². The van der Waals surface area contributed by atoms with E-state index in [1.807, 2.05) is 0 Å². The highest BCUT2D eigenvalue weighted by Crippen LogP contribution is 2.18. The van der Waals surface area contributed by atoms with Crippen molar-refractivity contribution in [1.29, 1.82) is 0 Å². The number of hydrogen-bond acceptors (Lipinski definition) is 6. The SMILES string of the molecule is CC/C=C\C/C=C\C/C=C\CCCCCC(=O)OC(COC(=O)CCCCCCCCCCCC)COC(=O)CCCCCCCCCCCCCCCCCCCCCCCCCCCCCC. The summed E-state index contributed by atoms with van der Waals surface area (Å²) in [7, 11) is 0. The Labute approximate surface area is 429 Å². The van der Waals surface area contributed by atoms with Crippen molar-refractivity contribution in [2.24, 2.45) is 0 Å². The Kier molecular flexibility index (Phi) is 56.2. The molecule has 0 saturated heterocycles. The molecule has 6 heteroatoms. The summed E-state index contributed by atoms with van der Waals surface area (Å²) < 4.78 is 16.8. The van der Waals surface area contributed by atoms with Gasteiger partial charge < -0.3 is 14.2 Å². The highest BCUT2D eigenvalue weighted by atomic mass is 16.6. The number of carbonyl (C=O) groups excluding carboxylic acids is 3. The van der Waals surface area contributed by atoms with Gasteiger partial charge in [-0.2, -0.15) is 0 Å². The van der Waals surface area contributed by atoms with Crippen molar-refractivity contribution in [1.82, 2.24) is 0 Å². The van der Waals surface area contributed by atoms with Crippen LogP contribution in [0.3, 0.4) is 0 Å². The molecule has 0 radical (unpaired) electrons. The molecule has 0 aromatic carbocycles. The van der Waals surface area contributed by atoms with E-state index in [9.17, 15) is 14.4 Å². The Morgan fingerprint density at radius 1 is 0.304 bits per heavy atom. The second-order valence-corrected chi connectivity index (χ2v) is 20.6. The molecule has 6 nitrogen and oxygen atoms in total. The number of carbonyl (C=O) groups is 3. The fraction of sp³-hybridized carbons (Fsp3) is 0.857. The summed E-state index contributed by atoms with van der Waals surface area (Å²) >= 11 is 0. The normalized spacial score (nSPS) is 12.2. The van der Waals surface area contributed by atoms with Crippen LogP contribution in [0, 0.1) is 0 Å². The summed E-state index contributed by atoms with van der Waals surface area (Å²) in [6, 6.07) is 0. The molecule has 0 aromatic heterocycles. The third-order valence-corrected chi connectivity index (χ3v) is 13.7. The lowest BCUT2D eigenvalue weighted by Gasteiger charge is -2.18. The third kappa shape index (κ3) is 56.4. The highest BCUT2D eigenvalue weighted by Gasteiger charge is 2.19. The molecule has 1 unspecified atom stereocenters. The topological polar surface area (TPSA) is 78.9 Å². The van der Waals surface area contributed by atoms with E-state index in [-0.39, 0.29) is 31.1 Å². The van der Waals surface area contributed by atoms with E-state index < -0.39 is 6.10 Å². The number of ether oxygens (including phenoxy) is 3. The Morgan fingerprint density at radius 3 is 0.884 bits per heavy atom. The van der Waals surface area contributed by atoms with Gasteiger partial charge in [-0.25, -0.2) is 0 Å². The minimum atomic E-state index is -0.782. The van der Waals surface area contributed by atoms with Crippen LogP contribution in [0.4, 0.5) is 0 Å². The molecular weight excluding hydrogens is 853 g/mol. The molecule has 0 heterocycles. The highest BCUT2D eigenvalue weighted by molar-refractivity contribution is 5.71. The number of allylic oxidation sites excluding steroid dienone is 6. The van der Waals surface area contributed by atoms with E-state index in [0.717, 1.165) is 83.5 Å². The molecule has 0 fully saturated rings. The van der Waals surface area contributed by atoms with Crippen LogP contribution < -0.4 is 0 Å². The Bertz CT molecular complexity index is 1160. The molecule has 0 aliphatic heterocycles. The first-order chi connectivity index (χ1) is 34.0. The molecule has 0 amide bonds. The Hall–Kier alpha value is -2.37. The summed E-state index contributed by atoms with van der Waals surface area (Å²) in [4.78, 5) is 38.0. The first-order valence-electron chi connectivity index (χ1n) is 30.5. The molecule has 0 N–H and O–H groups in total. The summed E-state index contributed by atoms with van der Waals surface area (Å²) in [6.45, 7) is 6.53. The predicted octanol–water partition coefficient (Wildman–Crippen LogP) is 20.4. The smallest absolute Gasteiger partial charge is 0.306 e. The minimum Gasteiger partial charge on any atom is -0.462 e. The molecule has 0 aromatic rings. The van der Waals surface area contributed by atoms with Crippen molar-refractivity contribution in [2.45, 2.75) is 335 Å². The second-order valence-electron chi connectivity index (χ2n) is 20.6. The van der Waals surface area contributed by atoms with Gasteiger partial charge in [-0.15, -0.1) is 0 Å². The molecule has 0 spiro atoms. The van der Waals surface area contributed by atoms with Crippen molar-refractivity contribution < 1.29 is 28.6 Å². The van der Waals surface area contributed by atoms with Crippen LogP contribution in [0.2, 0.25) is 0 Å².